The lowest BCUT2D eigenvalue weighted by Crippen LogP contribution is -2.25. The number of rotatable bonds is 9. The third-order valence-corrected chi connectivity index (χ3v) is 6.08. The quantitative estimate of drug-likeness (QED) is 0.299. The van der Waals surface area contributed by atoms with E-state index in [9.17, 15) is 13.2 Å². The van der Waals surface area contributed by atoms with Gasteiger partial charge in [-0.25, -0.2) is 0 Å². The molecule has 0 aliphatic carbocycles. The Labute approximate surface area is 211 Å². The SMILES string of the molecule is Cc1cc(-c2nc(-c3ccc(OC(F)(F)F)cc3)no2)nn1Cc1cccc(OCCN2CCCC2)c1. The highest BCUT2D eigenvalue weighted by Crippen LogP contribution is 2.27. The number of nitrogens with zero attached hydrogens (tertiary/aromatic N) is 5. The zero-order chi connectivity index (χ0) is 25.8. The zero-order valence-electron chi connectivity index (χ0n) is 20.2. The van der Waals surface area contributed by atoms with Crippen molar-refractivity contribution in [3.05, 3.63) is 65.9 Å². The molecule has 0 amide bonds. The molecule has 0 atom stereocenters. The molecule has 0 bridgehead atoms. The van der Waals surface area contributed by atoms with Gasteiger partial charge in [-0.3, -0.25) is 9.58 Å². The van der Waals surface area contributed by atoms with Gasteiger partial charge in [-0.2, -0.15) is 10.1 Å². The molecule has 0 spiro atoms. The lowest BCUT2D eigenvalue weighted by molar-refractivity contribution is -0.274. The molecular weight excluding hydrogens is 487 g/mol. The molecule has 2 aromatic heterocycles. The second kappa shape index (κ2) is 10.6. The molecule has 0 unspecified atom stereocenters. The number of aryl methyl sites for hydroxylation is 1. The minimum Gasteiger partial charge on any atom is -0.492 e. The van der Waals surface area contributed by atoms with Crippen molar-refractivity contribution in [2.75, 3.05) is 26.2 Å². The van der Waals surface area contributed by atoms with E-state index in [-0.39, 0.29) is 17.5 Å². The van der Waals surface area contributed by atoms with Crippen LogP contribution in [0.2, 0.25) is 0 Å². The van der Waals surface area contributed by atoms with E-state index >= 15 is 0 Å². The van der Waals surface area contributed by atoms with Gasteiger partial charge in [0.1, 0.15) is 18.1 Å². The second-order valence-electron chi connectivity index (χ2n) is 8.87. The van der Waals surface area contributed by atoms with E-state index in [4.69, 9.17) is 9.26 Å². The van der Waals surface area contributed by atoms with Crippen molar-refractivity contribution in [1.82, 2.24) is 24.8 Å². The number of benzene rings is 2. The molecule has 37 heavy (non-hydrogen) atoms. The Kier molecular flexibility index (Phi) is 7.13. The summed E-state index contributed by atoms with van der Waals surface area (Å²) in [5.74, 6) is 0.955. The molecule has 4 aromatic rings. The summed E-state index contributed by atoms with van der Waals surface area (Å²) in [7, 11) is 0. The molecule has 2 aromatic carbocycles. The predicted molar refractivity (Wildman–Crippen MR) is 129 cm³/mol. The van der Waals surface area contributed by atoms with Crippen LogP contribution in [0.25, 0.3) is 23.0 Å². The molecule has 1 aliphatic rings. The summed E-state index contributed by atoms with van der Waals surface area (Å²) in [4.78, 5) is 6.77. The molecule has 3 heterocycles. The summed E-state index contributed by atoms with van der Waals surface area (Å²) in [6, 6.07) is 15.1. The third-order valence-electron chi connectivity index (χ3n) is 6.08. The average Bonchev–Trinajstić information content (AvgIpc) is 3.61. The van der Waals surface area contributed by atoms with Crippen LogP contribution >= 0.6 is 0 Å². The van der Waals surface area contributed by atoms with Gasteiger partial charge in [0.2, 0.25) is 5.82 Å². The Hall–Kier alpha value is -3.86. The van der Waals surface area contributed by atoms with E-state index in [0.29, 0.717) is 24.4 Å². The lowest BCUT2D eigenvalue weighted by atomic mass is 10.2. The van der Waals surface area contributed by atoms with Gasteiger partial charge in [-0.1, -0.05) is 17.3 Å². The second-order valence-corrected chi connectivity index (χ2v) is 8.87. The Morgan fingerprint density at radius 3 is 2.54 bits per heavy atom. The Bertz CT molecular complexity index is 1330. The van der Waals surface area contributed by atoms with Gasteiger partial charge in [0.05, 0.1) is 6.54 Å². The van der Waals surface area contributed by atoms with E-state index in [1.54, 1.807) is 0 Å². The van der Waals surface area contributed by atoms with E-state index in [0.717, 1.165) is 36.6 Å². The first-order valence-corrected chi connectivity index (χ1v) is 12.0. The molecule has 194 valence electrons. The molecule has 1 aliphatic heterocycles. The summed E-state index contributed by atoms with van der Waals surface area (Å²) in [5.41, 5.74) is 2.95. The van der Waals surface area contributed by atoms with Crippen molar-refractivity contribution in [3.8, 4) is 34.5 Å². The fraction of sp³-hybridized carbons (Fsp3) is 0.346. The minimum atomic E-state index is -4.75. The van der Waals surface area contributed by atoms with Crippen LogP contribution in [-0.4, -0.2) is 57.4 Å². The summed E-state index contributed by atoms with van der Waals surface area (Å²) in [6.07, 6.45) is -2.22. The minimum absolute atomic E-state index is 0.214. The van der Waals surface area contributed by atoms with E-state index in [2.05, 4.69) is 24.9 Å². The van der Waals surface area contributed by atoms with Gasteiger partial charge in [-0.05, 0) is 80.9 Å². The standard InChI is InChI=1S/C26H26F3N5O3/c1-18-15-23(25-30-24(32-37-25)20-7-9-21(10-8-20)36-26(27,28)29)31-34(18)17-19-5-4-6-22(16-19)35-14-13-33-11-2-3-12-33/h4-10,15-16H,2-3,11-14,17H2,1H3. The largest absolute Gasteiger partial charge is 0.573 e. The third kappa shape index (κ3) is 6.48. The molecular formula is C26H26F3N5O3. The maximum Gasteiger partial charge on any atom is 0.573 e. The van der Waals surface area contributed by atoms with Gasteiger partial charge in [0, 0.05) is 17.8 Å². The summed E-state index contributed by atoms with van der Waals surface area (Å²) >= 11 is 0. The van der Waals surface area contributed by atoms with Gasteiger partial charge in [0.15, 0.2) is 5.69 Å². The van der Waals surface area contributed by atoms with Crippen LogP contribution in [-0.2, 0) is 6.54 Å². The monoisotopic (exact) mass is 513 g/mol. The first-order valence-electron chi connectivity index (χ1n) is 12.0. The zero-order valence-corrected chi connectivity index (χ0v) is 20.2. The maximum absolute atomic E-state index is 12.4. The van der Waals surface area contributed by atoms with Crippen molar-refractivity contribution in [2.45, 2.75) is 32.7 Å². The number of alkyl halides is 3. The molecule has 0 N–H and O–H groups in total. The molecule has 5 rings (SSSR count). The smallest absolute Gasteiger partial charge is 0.492 e. The van der Waals surface area contributed by atoms with E-state index in [1.807, 2.05) is 41.9 Å². The highest BCUT2D eigenvalue weighted by atomic mass is 19.4. The number of likely N-dealkylation sites (tertiary alicyclic amines) is 1. The number of hydrogen-bond acceptors (Lipinski definition) is 7. The predicted octanol–water partition coefficient (Wildman–Crippen LogP) is 5.33. The molecule has 1 saturated heterocycles. The van der Waals surface area contributed by atoms with Crippen LogP contribution in [0.15, 0.2) is 59.1 Å². The van der Waals surface area contributed by atoms with Crippen molar-refractivity contribution in [3.63, 3.8) is 0 Å². The van der Waals surface area contributed by atoms with Crippen LogP contribution in [0, 0.1) is 6.92 Å². The van der Waals surface area contributed by atoms with Gasteiger partial charge in [0.25, 0.3) is 5.89 Å². The Morgan fingerprint density at radius 2 is 1.78 bits per heavy atom. The van der Waals surface area contributed by atoms with E-state index < -0.39 is 6.36 Å². The van der Waals surface area contributed by atoms with Gasteiger partial charge < -0.3 is 14.0 Å². The topological polar surface area (TPSA) is 78.4 Å². The highest BCUT2D eigenvalue weighted by Gasteiger charge is 2.31. The van der Waals surface area contributed by atoms with Crippen LogP contribution < -0.4 is 9.47 Å². The lowest BCUT2D eigenvalue weighted by Gasteiger charge is -2.15. The number of halogens is 3. The first kappa shape index (κ1) is 24.8. The first-order chi connectivity index (χ1) is 17.8. The molecule has 11 heteroatoms. The van der Waals surface area contributed by atoms with Crippen molar-refractivity contribution in [1.29, 1.82) is 0 Å². The van der Waals surface area contributed by atoms with Gasteiger partial charge in [-0.15, -0.1) is 13.2 Å². The summed E-state index contributed by atoms with van der Waals surface area (Å²) < 4.78 is 54.2. The Morgan fingerprint density at radius 1 is 1.00 bits per heavy atom. The summed E-state index contributed by atoms with van der Waals surface area (Å²) in [5, 5.41) is 8.55. The number of aromatic nitrogens is 4. The maximum atomic E-state index is 12.4. The normalized spacial score (nSPS) is 14.3. The average molecular weight is 514 g/mol. The fourth-order valence-electron chi connectivity index (χ4n) is 4.23. The van der Waals surface area contributed by atoms with E-state index in [1.165, 1.54) is 37.1 Å². The summed E-state index contributed by atoms with van der Waals surface area (Å²) in [6.45, 7) is 6.36. The van der Waals surface area contributed by atoms with Crippen molar-refractivity contribution in [2.24, 2.45) is 0 Å². The molecule has 0 radical (unpaired) electrons. The highest BCUT2D eigenvalue weighted by molar-refractivity contribution is 5.59. The number of ether oxygens (including phenoxy) is 2. The van der Waals surface area contributed by atoms with Crippen LogP contribution in [0.1, 0.15) is 24.1 Å². The molecule has 8 nitrogen and oxygen atoms in total. The van der Waals surface area contributed by atoms with Crippen LogP contribution in [0.3, 0.4) is 0 Å². The Balaban J connectivity index is 1.23. The van der Waals surface area contributed by atoms with Crippen molar-refractivity contribution >= 4 is 0 Å². The van der Waals surface area contributed by atoms with Crippen LogP contribution in [0.4, 0.5) is 13.2 Å². The fourth-order valence-corrected chi connectivity index (χ4v) is 4.23. The van der Waals surface area contributed by atoms with Crippen molar-refractivity contribution < 1.29 is 27.2 Å². The molecule has 0 saturated carbocycles. The van der Waals surface area contributed by atoms with Crippen LogP contribution in [0.5, 0.6) is 11.5 Å². The number of hydrogen-bond donors (Lipinski definition) is 0. The van der Waals surface area contributed by atoms with Gasteiger partial charge >= 0.3 is 6.36 Å². The molecule has 1 fully saturated rings.